The van der Waals surface area contributed by atoms with Crippen molar-refractivity contribution in [2.75, 3.05) is 0 Å². The van der Waals surface area contributed by atoms with Gasteiger partial charge >= 0.3 is 0 Å². The lowest BCUT2D eigenvalue weighted by Gasteiger charge is -2.34. The minimum absolute atomic E-state index is 0.254. The Labute approximate surface area is 263 Å². The molecule has 0 aromatic heterocycles. The van der Waals surface area contributed by atoms with Gasteiger partial charge in [-0.05, 0) is 110 Å². The zero-order valence-corrected chi connectivity index (χ0v) is 27.1. The van der Waals surface area contributed by atoms with E-state index in [1.54, 1.807) is 18.2 Å². The van der Waals surface area contributed by atoms with E-state index >= 15 is 0 Å². The van der Waals surface area contributed by atoms with Crippen molar-refractivity contribution < 1.29 is 15.3 Å². The maximum atomic E-state index is 10.7. The van der Waals surface area contributed by atoms with Crippen LogP contribution in [0.2, 0.25) is 0 Å². The van der Waals surface area contributed by atoms with Crippen LogP contribution >= 0.6 is 0 Å². The average Bonchev–Trinajstić information content (AvgIpc) is 2.95. The molecule has 0 saturated heterocycles. The molecule has 3 heteroatoms. The van der Waals surface area contributed by atoms with E-state index in [1.165, 1.54) is 0 Å². The van der Waals surface area contributed by atoms with Crippen molar-refractivity contribution in [1.29, 1.82) is 0 Å². The first-order valence-electron chi connectivity index (χ1n) is 15.1. The zero-order chi connectivity index (χ0) is 32.4. The van der Waals surface area contributed by atoms with Crippen molar-refractivity contribution in [2.45, 2.75) is 71.6 Å². The van der Waals surface area contributed by atoms with Gasteiger partial charge in [0.1, 0.15) is 17.2 Å². The summed E-state index contributed by atoms with van der Waals surface area (Å²) in [4.78, 5) is 0. The summed E-state index contributed by atoms with van der Waals surface area (Å²) in [5.41, 5.74) is 10.0. The fraction of sp³-hybridized carbons (Fsp3) is 0.268. The van der Waals surface area contributed by atoms with E-state index in [1.807, 2.05) is 39.0 Å². The first-order chi connectivity index (χ1) is 20.6. The van der Waals surface area contributed by atoms with E-state index < -0.39 is 5.41 Å². The van der Waals surface area contributed by atoms with Crippen LogP contribution in [0.25, 0.3) is 0 Å². The van der Waals surface area contributed by atoms with Crippen LogP contribution in [-0.4, -0.2) is 15.3 Å². The fourth-order valence-electron chi connectivity index (χ4n) is 6.05. The van der Waals surface area contributed by atoms with Crippen molar-refractivity contribution in [3.05, 3.63) is 160 Å². The third-order valence-electron chi connectivity index (χ3n) is 8.78. The molecule has 0 atom stereocenters. The number of allylic oxidation sites excluding steroid dienone is 3. The van der Waals surface area contributed by atoms with E-state index in [2.05, 4.69) is 83.0 Å². The molecule has 44 heavy (non-hydrogen) atoms. The molecule has 4 aromatic rings. The van der Waals surface area contributed by atoms with Crippen molar-refractivity contribution in [1.82, 2.24) is 0 Å². The lowest BCUT2D eigenvalue weighted by Crippen LogP contribution is -2.26. The predicted octanol–water partition coefficient (Wildman–Crippen LogP) is 9.84. The topological polar surface area (TPSA) is 60.7 Å². The maximum absolute atomic E-state index is 10.7. The second kappa shape index (κ2) is 12.6. The molecule has 3 nitrogen and oxygen atoms in total. The average molecular weight is 587 g/mol. The SMILES string of the molecule is C=C(C)Cc1cc(C(C)(C)c2ccc(C(C)(c3ccc(O)c(CC(=C)C)c3)c3ccc(O)c(CC(=C)C)c3)cc2)ccc1O. The van der Waals surface area contributed by atoms with Gasteiger partial charge in [-0.3, -0.25) is 0 Å². The molecule has 0 amide bonds. The third kappa shape index (κ3) is 6.68. The summed E-state index contributed by atoms with van der Waals surface area (Å²) >= 11 is 0. The van der Waals surface area contributed by atoms with Gasteiger partial charge in [0.2, 0.25) is 0 Å². The lowest BCUT2D eigenvalue weighted by molar-refractivity contribution is 0.467. The molecule has 0 fully saturated rings. The first kappa shape index (κ1) is 32.4. The van der Waals surface area contributed by atoms with Gasteiger partial charge in [0, 0.05) is 10.8 Å². The second-order valence-corrected chi connectivity index (χ2v) is 13.3. The monoisotopic (exact) mass is 586 g/mol. The summed E-state index contributed by atoms with van der Waals surface area (Å²) in [5.74, 6) is 0.799. The predicted molar refractivity (Wildman–Crippen MR) is 184 cm³/mol. The minimum Gasteiger partial charge on any atom is -0.508 e. The Bertz CT molecular complexity index is 1650. The molecule has 3 N–H and O–H groups in total. The van der Waals surface area contributed by atoms with Gasteiger partial charge in [-0.1, -0.05) is 111 Å². The molecule has 0 saturated carbocycles. The van der Waals surface area contributed by atoms with E-state index in [-0.39, 0.29) is 16.9 Å². The highest BCUT2D eigenvalue weighted by Crippen LogP contribution is 2.43. The van der Waals surface area contributed by atoms with Crippen LogP contribution in [-0.2, 0) is 30.1 Å². The largest absolute Gasteiger partial charge is 0.508 e. The summed E-state index contributed by atoms with van der Waals surface area (Å²) in [6, 6.07) is 26.3. The van der Waals surface area contributed by atoms with Crippen LogP contribution in [0.3, 0.4) is 0 Å². The molecule has 4 rings (SSSR count). The van der Waals surface area contributed by atoms with Gasteiger partial charge in [0.25, 0.3) is 0 Å². The van der Waals surface area contributed by atoms with Gasteiger partial charge in [-0.2, -0.15) is 0 Å². The molecular formula is C41H46O3. The minimum atomic E-state index is -0.592. The molecular weight excluding hydrogens is 540 g/mol. The standard InChI is InChI=1S/C41H46O3/c1-26(2)20-29-23-34(14-17-37(29)42)40(7,8)32-10-12-33(13-11-32)41(9,35-15-18-38(43)30(24-35)21-27(3)4)36-16-19-39(44)31(25-36)22-28(5)6/h10-19,23-25,42-44H,1,3,5,20-22H2,2,4,6-9H3. The molecule has 0 unspecified atom stereocenters. The van der Waals surface area contributed by atoms with Gasteiger partial charge in [-0.15, -0.1) is 0 Å². The molecule has 0 bridgehead atoms. The molecule has 0 aliphatic heterocycles. The Kier molecular flexibility index (Phi) is 9.30. The number of hydrogen-bond donors (Lipinski definition) is 3. The lowest BCUT2D eigenvalue weighted by atomic mass is 9.69. The van der Waals surface area contributed by atoms with Gasteiger partial charge in [0.05, 0.1) is 0 Å². The quantitative estimate of drug-likeness (QED) is 0.121. The molecule has 228 valence electrons. The number of hydrogen-bond acceptors (Lipinski definition) is 3. The summed E-state index contributed by atoms with van der Waals surface area (Å²) < 4.78 is 0. The van der Waals surface area contributed by atoms with Crippen LogP contribution in [0.4, 0.5) is 0 Å². The highest BCUT2D eigenvalue weighted by atomic mass is 16.3. The van der Waals surface area contributed by atoms with E-state index in [0.29, 0.717) is 25.0 Å². The number of aromatic hydroxyl groups is 3. The van der Waals surface area contributed by atoms with Crippen molar-refractivity contribution in [3.8, 4) is 17.2 Å². The smallest absolute Gasteiger partial charge is 0.119 e. The molecule has 0 radical (unpaired) electrons. The Morgan fingerprint density at radius 1 is 0.477 bits per heavy atom. The Morgan fingerprint density at radius 3 is 1.14 bits per heavy atom. The molecule has 0 aliphatic carbocycles. The highest BCUT2D eigenvalue weighted by molar-refractivity contribution is 5.56. The van der Waals surface area contributed by atoms with Crippen LogP contribution in [0.15, 0.2) is 115 Å². The van der Waals surface area contributed by atoms with Crippen molar-refractivity contribution in [2.24, 2.45) is 0 Å². The third-order valence-corrected chi connectivity index (χ3v) is 8.78. The van der Waals surface area contributed by atoms with Gasteiger partial charge in [0.15, 0.2) is 0 Å². The van der Waals surface area contributed by atoms with Gasteiger partial charge in [-0.25, -0.2) is 0 Å². The summed E-state index contributed by atoms with van der Waals surface area (Å²) in [6.07, 6.45) is 1.80. The molecule has 0 spiro atoms. The summed E-state index contributed by atoms with van der Waals surface area (Å²) in [6.45, 7) is 24.7. The fourth-order valence-corrected chi connectivity index (χ4v) is 6.05. The number of rotatable bonds is 11. The van der Waals surface area contributed by atoms with E-state index in [4.69, 9.17) is 0 Å². The first-order valence-corrected chi connectivity index (χ1v) is 15.1. The van der Waals surface area contributed by atoms with Crippen LogP contribution in [0.1, 0.15) is 86.1 Å². The summed E-state index contributed by atoms with van der Waals surface area (Å²) in [5, 5.41) is 31.8. The zero-order valence-electron chi connectivity index (χ0n) is 27.1. The Morgan fingerprint density at radius 2 is 0.773 bits per heavy atom. The van der Waals surface area contributed by atoms with Crippen molar-refractivity contribution >= 4 is 0 Å². The van der Waals surface area contributed by atoms with E-state index in [9.17, 15) is 15.3 Å². The Hall–Kier alpha value is -4.50. The normalized spacial score (nSPS) is 11.8. The van der Waals surface area contributed by atoms with Crippen LogP contribution in [0, 0.1) is 0 Å². The summed E-state index contributed by atoms with van der Waals surface area (Å²) in [7, 11) is 0. The van der Waals surface area contributed by atoms with E-state index in [0.717, 1.165) is 61.2 Å². The Balaban J connectivity index is 1.86. The molecule has 0 heterocycles. The maximum Gasteiger partial charge on any atom is 0.119 e. The number of benzene rings is 4. The highest BCUT2D eigenvalue weighted by Gasteiger charge is 2.33. The van der Waals surface area contributed by atoms with Gasteiger partial charge < -0.3 is 15.3 Å². The van der Waals surface area contributed by atoms with Crippen LogP contribution in [0.5, 0.6) is 17.2 Å². The molecule has 0 aliphatic rings. The number of phenols is 3. The molecule has 4 aromatic carbocycles. The second-order valence-electron chi connectivity index (χ2n) is 13.3. The van der Waals surface area contributed by atoms with Crippen LogP contribution < -0.4 is 0 Å². The number of phenolic OH excluding ortho intramolecular Hbond substituents is 3. The van der Waals surface area contributed by atoms with Crippen molar-refractivity contribution in [3.63, 3.8) is 0 Å².